The fourth-order valence-corrected chi connectivity index (χ4v) is 3.86. The van der Waals surface area contributed by atoms with Crippen LogP contribution in [0.15, 0.2) is 64.4 Å². The molecular formula is C24H26N4O4. The Morgan fingerprint density at radius 2 is 1.88 bits per heavy atom. The predicted molar refractivity (Wildman–Crippen MR) is 122 cm³/mol. The maximum Gasteiger partial charge on any atom is 0.309 e. The SMILES string of the molecule is COc1ccccc1-n1[nH]c(OC(C)=O)c(C2=NCCCN(Cc3ccccc3)C2)c1=O. The van der Waals surface area contributed by atoms with E-state index in [0.29, 0.717) is 30.2 Å². The van der Waals surface area contributed by atoms with Crippen molar-refractivity contribution in [3.63, 3.8) is 0 Å². The second-order valence-electron chi connectivity index (χ2n) is 7.60. The number of hydrogen-bond donors (Lipinski definition) is 1. The van der Waals surface area contributed by atoms with Gasteiger partial charge in [-0.3, -0.25) is 24.6 Å². The molecule has 8 heteroatoms. The van der Waals surface area contributed by atoms with E-state index in [0.717, 1.165) is 19.5 Å². The highest BCUT2D eigenvalue weighted by Crippen LogP contribution is 2.24. The number of H-pyrrole nitrogens is 1. The van der Waals surface area contributed by atoms with E-state index in [1.54, 1.807) is 18.2 Å². The average Bonchev–Trinajstić information content (AvgIpc) is 2.95. The molecule has 0 atom stereocenters. The van der Waals surface area contributed by atoms with Crippen molar-refractivity contribution in [2.45, 2.75) is 19.9 Å². The quantitative estimate of drug-likeness (QED) is 0.603. The third kappa shape index (κ3) is 4.65. The molecule has 0 aliphatic carbocycles. The number of ether oxygens (including phenoxy) is 2. The summed E-state index contributed by atoms with van der Waals surface area (Å²) in [5.74, 6) is 0.0917. The maximum atomic E-state index is 13.5. The molecule has 2 aromatic carbocycles. The van der Waals surface area contributed by atoms with E-state index in [1.807, 2.05) is 24.3 Å². The number of aromatic amines is 1. The Balaban J connectivity index is 1.74. The van der Waals surface area contributed by atoms with Crippen molar-refractivity contribution in [2.75, 3.05) is 26.7 Å². The molecule has 0 radical (unpaired) electrons. The molecule has 4 rings (SSSR count). The van der Waals surface area contributed by atoms with Crippen LogP contribution in [0.1, 0.15) is 24.5 Å². The summed E-state index contributed by atoms with van der Waals surface area (Å²) in [6, 6.07) is 17.3. The number of carbonyl (C=O) groups excluding carboxylic acids is 1. The van der Waals surface area contributed by atoms with Crippen LogP contribution in [0.5, 0.6) is 11.6 Å². The summed E-state index contributed by atoms with van der Waals surface area (Å²) >= 11 is 0. The van der Waals surface area contributed by atoms with Crippen LogP contribution >= 0.6 is 0 Å². The van der Waals surface area contributed by atoms with Crippen molar-refractivity contribution in [2.24, 2.45) is 4.99 Å². The molecule has 0 saturated heterocycles. The van der Waals surface area contributed by atoms with Crippen LogP contribution < -0.4 is 15.0 Å². The Bertz CT molecular complexity index is 1180. The van der Waals surface area contributed by atoms with E-state index in [-0.39, 0.29) is 17.0 Å². The highest BCUT2D eigenvalue weighted by Gasteiger charge is 2.26. The normalized spacial score (nSPS) is 14.5. The van der Waals surface area contributed by atoms with Gasteiger partial charge in [-0.1, -0.05) is 42.5 Å². The number of methoxy groups -OCH3 is 1. The molecule has 0 bridgehead atoms. The standard InChI is InChI=1S/C24H26N4O4/c1-17(29)32-23-22(24(30)28(26-23)20-11-6-7-12-21(20)31-2)19-16-27(14-8-13-25-19)15-18-9-4-3-5-10-18/h3-7,9-12,26H,8,13-16H2,1-2H3. The summed E-state index contributed by atoms with van der Waals surface area (Å²) in [7, 11) is 1.54. The van der Waals surface area contributed by atoms with Crippen molar-refractivity contribution in [3.8, 4) is 17.3 Å². The van der Waals surface area contributed by atoms with Crippen molar-refractivity contribution in [1.82, 2.24) is 14.7 Å². The zero-order valence-electron chi connectivity index (χ0n) is 18.2. The minimum Gasteiger partial charge on any atom is -0.494 e. The molecule has 0 fully saturated rings. The second-order valence-corrected chi connectivity index (χ2v) is 7.60. The lowest BCUT2D eigenvalue weighted by Gasteiger charge is -2.20. The molecule has 8 nitrogen and oxygen atoms in total. The first-order valence-electron chi connectivity index (χ1n) is 10.5. The van der Waals surface area contributed by atoms with Crippen LogP contribution in [0.2, 0.25) is 0 Å². The first-order chi connectivity index (χ1) is 15.6. The molecule has 32 heavy (non-hydrogen) atoms. The molecule has 0 spiro atoms. The predicted octanol–water partition coefficient (Wildman–Crippen LogP) is 2.79. The van der Waals surface area contributed by atoms with Crippen LogP contribution in [-0.4, -0.2) is 53.1 Å². The summed E-state index contributed by atoms with van der Waals surface area (Å²) < 4.78 is 12.1. The summed E-state index contributed by atoms with van der Waals surface area (Å²) in [5.41, 5.74) is 2.24. The summed E-state index contributed by atoms with van der Waals surface area (Å²) in [5, 5.41) is 2.94. The third-order valence-electron chi connectivity index (χ3n) is 5.28. The van der Waals surface area contributed by atoms with Crippen molar-refractivity contribution < 1.29 is 14.3 Å². The molecule has 0 saturated carbocycles. The van der Waals surface area contributed by atoms with Gasteiger partial charge in [0, 0.05) is 33.1 Å². The van der Waals surface area contributed by atoms with Crippen molar-refractivity contribution >= 4 is 11.7 Å². The highest BCUT2D eigenvalue weighted by atomic mass is 16.5. The van der Waals surface area contributed by atoms with Crippen LogP contribution in [0.25, 0.3) is 5.69 Å². The number of rotatable bonds is 6. The topological polar surface area (TPSA) is 88.9 Å². The lowest BCUT2D eigenvalue weighted by atomic mass is 10.1. The lowest BCUT2D eigenvalue weighted by Crippen LogP contribution is -2.32. The zero-order valence-corrected chi connectivity index (χ0v) is 18.2. The van der Waals surface area contributed by atoms with Gasteiger partial charge < -0.3 is 9.47 Å². The molecule has 1 aliphatic rings. The fraction of sp³-hybridized carbons (Fsp3) is 0.292. The average molecular weight is 434 g/mol. The Hall–Kier alpha value is -3.65. The Kier molecular flexibility index (Phi) is 6.51. The van der Waals surface area contributed by atoms with Crippen molar-refractivity contribution in [3.05, 3.63) is 76.1 Å². The minimum absolute atomic E-state index is 0.0914. The minimum atomic E-state index is -0.518. The van der Waals surface area contributed by atoms with Gasteiger partial charge in [-0.2, -0.15) is 0 Å². The van der Waals surface area contributed by atoms with Gasteiger partial charge in [-0.15, -0.1) is 0 Å². The smallest absolute Gasteiger partial charge is 0.309 e. The van der Waals surface area contributed by atoms with Crippen molar-refractivity contribution in [1.29, 1.82) is 0 Å². The van der Waals surface area contributed by atoms with Gasteiger partial charge in [-0.05, 0) is 24.1 Å². The van der Waals surface area contributed by atoms with E-state index >= 15 is 0 Å². The molecule has 1 N–H and O–H groups in total. The molecule has 0 unspecified atom stereocenters. The van der Waals surface area contributed by atoms with Gasteiger partial charge in [0.1, 0.15) is 17.0 Å². The van der Waals surface area contributed by atoms with Crippen LogP contribution in [0, 0.1) is 0 Å². The number of aliphatic imine (C=N–C) groups is 1. The van der Waals surface area contributed by atoms with Gasteiger partial charge in [-0.25, -0.2) is 4.68 Å². The maximum absolute atomic E-state index is 13.5. The second kappa shape index (κ2) is 9.65. The molecule has 166 valence electrons. The number of aromatic nitrogens is 2. The van der Waals surface area contributed by atoms with Crippen LogP contribution in [-0.2, 0) is 11.3 Å². The highest BCUT2D eigenvalue weighted by molar-refractivity contribution is 6.04. The Labute approximate surface area is 186 Å². The monoisotopic (exact) mass is 434 g/mol. The van der Waals surface area contributed by atoms with E-state index in [2.05, 4.69) is 27.1 Å². The molecule has 2 heterocycles. The lowest BCUT2D eigenvalue weighted by molar-refractivity contribution is -0.132. The largest absolute Gasteiger partial charge is 0.494 e. The Morgan fingerprint density at radius 1 is 1.12 bits per heavy atom. The molecule has 0 amide bonds. The third-order valence-corrected chi connectivity index (χ3v) is 5.28. The van der Waals surface area contributed by atoms with E-state index in [1.165, 1.54) is 24.3 Å². The summed E-state index contributed by atoms with van der Waals surface area (Å²) in [6.45, 7) is 3.98. The fourth-order valence-electron chi connectivity index (χ4n) is 3.86. The molecule has 1 aromatic heterocycles. The van der Waals surface area contributed by atoms with Crippen LogP contribution in [0.3, 0.4) is 0 Å². The van der Waals surface area contributed by atoms with E-state index in [9.17, 15) is 9.59 Å². The van der Waals surface area contributed by atoms with Gasteiger partial charge in [0.15, 0.2) is 0 Å². The number of nitrogens with one attached hydrogen (secondary N) is 1. The number of esters is 1. The van der Waals surface area contributed by atoms with Gasteiger partial charge >= 0.3 is 5.97 Å². The number of para-hydroxylation sites is 2. The van der Waals surface area contributed by atoms with Crippen LogP contribution in [0.4, 0.5) is 0 Å². The number of nitrogens with zero attached hydrogens (tertiary/aromatic N) is 3. The first-order valence-corrected chi connectivity index (χ1v) is 10.5. The number of carbonyl (C=O) groups is 1. The molecule has 3 aromatic rings. The first kappa shape index (κ1) is 21.6. The zero-order chi connectivity index (χ0) is 22.5. The Morgan fingerprint density at radius 3 is 2.62 bits per heavy atom. The molecule has 1 aliphatic heterocycles. The summed E-state index contributed by atoms with van der Waals surface area (Å²) in [6.07, 6.45) is 0.879. The van der Waals surface area contributed by atoms with Gasteiger partial charge in [0.2, 0.25) is 5.88 Å². The van der Waals surface area contributed by atoms with E-state index in [4.69, 9.17) is 9.47 Å². The summed E-state index contributed by atoms with van der Waals surface area (Å²) in [4.78, 5) is 32.2. The van der Waals surface area contributed by atoms with Gasteiger partial charge in [0.25, 0.3) is 5.56 Å². The molecular weight excluding hydrogens is 408 g/mol. The number of benzene rings is 2. The van der Waals surface area contributed by atoms with Gasteiger partial charge in [0.05, 0.1) is 12.8 Å². The number of hydrogen-bond acceptors (Lipinski definition) is 6. The van der Waals surface area contributed by atoms with E-state index < -0.39 is 5.97 Å².